The van der Waals surface area contributed by atoms with E-state index in [1.165, 1.54) is 12.1 Å². The van der Waals surface area contributed by atoms with Crippen molar-refractivity contribution in [3.63, 3.8) is 0 Å². The van der Waals surface area contributed by atoms with Gasteiger partial charge in [-0.2, -0.15) is 0 Å². The van der Waals surface area contributed by atoms with Gasteiger partial charge in [-0.05, 0) is 30.5 Å². The van der Waals surface area contributed by atoms with Crippen molar-refractivity contribution in [2.45, 2.75) is 25.3 Å². The maximum absolute atomic E-state index is 11.2. The number of aliphatic carboxylic acids is 1. The molecule has 1 saturated carbocycles. The Balaban J connectivity index is 2.10. The van der Waals surface area contributed by atoms with Crippen LogP contribution in [0.2, 0.25) is 5.02 Å². The minimum atomic E-state index is -0.887. The van der Waals surface area contributed by atoms with Gasteiger partial charge < -0.3 is 16.2 Å². The summed E-state index contributed by atoms with van der Waals surface area (Å²) in [4.78, 5) is 22.2. The number of nitrogens with one attached hydrogen (secondary N) is 1. The molecule has 1 aromatic carbocycles. The predicted octanol–water partition coefficient (Wildman–Crippen LogP) is 2.10. The van der Waals surface area contributed by atoms with Crippen LogP contribution in [0.25, 0.3) is 0 Å². The van der Waals surface area contributed by atoms with Crippen LogP contribution >= 0.6 is 11.6 Å². The van der Waals surface area contributed by atoms with Gasteiger partial charge in [0.1, 0.15) is 6.04 Å². The van der Waals surface area contributed by atoms with Crippen molar-refractivity contribution < 1.29 is 14.7 Å². The average molecular weight is 283 g/mol. The lowest BCUT2D eigenvalue weighted by Crippen LogP contribution is -2.29. The van der Waals surface area contributed by atoms with Gasteiger partial charge in [-0.1, -0.05) is 24.4 Å². The Morgan fingerprint density at radius 3 is 2.63 bits per heavy atom. The van der Waals surface area contributed by atoms with Gasteiger partial charge in [0.25, 0.3) is 0 Å². The minimum Gasteiger partial charge on any atom is -0.480 e. The number of amides is 1. The summed E-state index contributed by atoms with van der Waals surface area (Å²) in [5.41, 5.74) is 5.95. The smallest absolute Gasteiger partial charge is 0.326 e. The van der Waals surface area contributed by atoms with Crippen LogP contribution in [0.4, 0.5) is 5.69 Å². The SMILES string of the molecule is NC(=O)c1ccc(NC(CC2CC2)C(=O)O)cc1Cl. The molecule has 19 heavy (non-hydrogen) atoms. The fourth-order valence-electron chi connectivity index (χ4n) is 1.91. The molecule has 1 amide bonds. The second kappa shape index (κ2) is 5.48. The Bertz CT molecular complexity index is 515. The van der Waals surface area contributed by atoms with E-state index in [4.69, 9.17) is 22.4 Å². The maximum atomic E-state index is 11.2. The molecule has 0 aliphatic heterocycles. The van der Waals surface area contributed by atoms with Gasteiger partial charge >= 0.3 is 5.97 Å². The van der Waals surface area contributed by atoms with Crippen molar-refractivity contribution >= 4 is 29.2 Å². The van der Waals surface area contributed by atoms with Crippen LogP contribution in [0.5, 0.6) is 0 Å². The molecule has 1 fully saturated rings. The quantitative estimate of drug-likeness (QED) is 0.745. The van der Waals surface area contributed by atoms with Gasteiger partial charge in [0, 0.05) is 5.69 Å². The van der Waals surface area contributed by atoms with Crippen LogP contribution in [0, 0.1) is 5.92 Å². The molecule has 6 heteroatoms. The fourth-order valence-corrected chi connectivity index (χ4v) is 2.19. The van der Waals surface area contributed by atoms with E-state index in [0.717, 1.165) is 12.8 Å². The highest BCUT2D eigenvalue weighted by atomic mass is 35.5. The van der Waals surface area contributed by atoms with Crippen molar-refractivity contribution in [1.29, 1.82) is 0 Å². The molecular formula is C13H15ClN2O3. The number of benzene rings is 1. The molecule has 1 atom stereocenters. The third kappa shape index (κ3) is 3.61. The van der Waals surface area contributed by atoms with Crippen molar-refractivity contribution in [3.8, 4) is 0 Å². The number of nitrogens with two attached hydrogens (primary N) is 1. The molecule has 2 rings (SSSR count). The maximum Gasteiger partial charge on any atom is 0.326 e. The van der Waals surface area contributed by atoms with E-state index < -0.39 is 17.9 Å². The molecule has 102 valence electrons. The third-order valence-electron chi connectivity index (χ3n) is 3.14. The molecule has 0 aromatic heterocycles. The second-order valence-corrected chi connectivity index (χ2v) is 5.18. The molecule has 1 unspecified atom stereocenters. The van der Waals surface area contributed by atoms with Gasteiger partial charge in [0.2, 0.25) is 5.91 Å². The first-order valence-electron chi connectivity index (χ1n) is 6.06. The van der Waals surface area contributed by atoms with E-state index in [9.17, 15) is 9.59 Å². The van der Waals surface area contributed by atoms with Crippen LogP contribution in [0.3, 0.4) is 0 Å². The second-order valence-electron chi connectivity index (χ2n) is 4.77. The molecule has 5 nitrogen and oxygen atoms in total. The largest absolute Gasteiger partial charge is 0.480 e. The van der Waals surface area contributed by atoms with Crippen molar-refractivity contribution in [2.75, 3.05) is 5.32 Å². The number of hydrogen-bond donors (Lipinski definition) is 3. The number of halogens is 1. The highest BCUT2D eigenvalue weighted by molar-refractivity contribution is 6.34. The lowest BCUT2D eigenvalue weighted by Gasteiger charge is -2.16. The lowest BCUT2D eigenvalue weighted by atomic mass is 10.1. The van der Waals surface area contributed by atoms with Gasteiger partial charge in [0.05, 0.1) is 10.6 Å². The van der Waals surface area contributed by atoms with Crippen LogP contribution in [0.1, 0.15) is 29.6 Å². The molecular weight excluding hydrogens is 268 g/mol. The zero-order chi connectivity index (χ0) is 14.0. The van der Waals surface area contributed by atoms with Crippen molar-refractivity contribution in [1.82, 2.24) is 0 Å². The number of anilines is 1. The highest BCUT2D eigenvalue weighted by Crippen LogP contribution is 2.34. The normalized spacial score (nSPS) is 15.8. The molecule has 0 radical (unpaired) electrons. The van der Waals surface area contributed by atoms with Crippen LogP contribution < -0.4 is 11.1 Å². The summed E-state index contributed by atoms with van der Waals surface area (Å²) in [6, 6.07) is 3.98. The van der Waals surface area contributed by atoms with E-state index in [1.54, 1.807) is 6.07 Å². The van der Waals surface area contributed by atoms with Gasteiger partial charge in [-0.25, -0.2) is 4.79 Å². The van der Waals surface area contributed by atoms with Crippen LogP contribution in [-0.4, -0.2) is 23.0 Å². The average Bonchev–Trinajstić information content (AvgIpc) is 3.11. The summed E-state index contributed by atoms with van der Waals surface area (Å²) in [6.45, 7) is 0. The van der Waals surface area contributed by atoms with E-state index in [1.807, 2.05) is 0 Å². The molecule has 1 aromatic rings. The van der Waals surface area contributed by atoms with E-state index in [2.05, 4.69) is 5.32 Å². The Labute approximate surface area is 115 Å². The zero-order valence-corrected chi connectivity index (χ0v) is 11.0. The Hall–Kier alpha value is -1.75. The predicted molar refractivity (Wildman–Crippen MR) is 72.4 cm³/mol. The first-order valence-corrected chi connectivity index (χ1v) is 6.44. The number of primary amides is 1. The van der Waals surface area contributed by atoms with E-state index >= 15 is 0 Å². The fraction of sp³-hybridized carbons (Fsp3) is 0.385. The molecule has 0 spiro atoms. The summed E-state index contributed by atoms with van der Waals surface area (Å²) in [5.74, 6) is -1.000. The van der Waals surface area contributed by atoms with E-state index in [-0.39, 0.29) is 10.6 Å². The van der Waals surface area contributed by atoms with Gasteiger partial charge in [-0.15, -0.1) is 0 Å². The van der Waals surface area contributed by atoms with Crippen LogP contribution in [-0.2, 0) is 4.79 Å². The van der Waals surface area contributed by atoms with Gasteiger partial charge in [0.15, 0.2) is 0 Å². The first-order chi connectivity index (χ1) is 8.97. The van der Waals surface area contributed by atoms with Crippen molar-refractivity contribution in [2.24, 2.45) is 11.7 Å². The Morgan fingerprint density at radius 2 is 2.16 bits per heavy atom. The number of carboxylic acid groups (broad SMARTS) is 1. The molecule has 0 heterocycles. The number of rotatable bonds is 6. The Morgan fingerprint density at radius 1 is 1.47 bits per heavy atom. The van der Waals surface area contributed by atoms with Crippen molar-refractivity contribution in [3.05, 3.63) is 28.8 Å². The van der Waals surface area contributed by atoms with Gasteiger partial charge in [-0.3, -0.25) is 4.79 Å². The molecule has 4 N–H and O–H groups in total. The zero-order valence-electron chi connectivity index (χ0n) is 10.2. The number of carbonyl (C=O) groups excluding carboxylic acids is 1. The Kier molecular flexibility index (Phi) is 3.95. The summed E-state index contributed by atoms with van der Waals surface area (Å²) < 4.78 is 0. The summed E-state index contributed by atoms with van der Waals surface area (Å²) in [7, 11) is 0. The lowest BCUT2D eigenvalue weighted by molar-refractivity contribution is -0.138. The summed E-state index contributed by atoms with van der Waals surface area (Å²) in [6.07, 6.45) is 2.78. The highest BCUT2D eigenvalue weighted by Gasteiger charge is 2.29. The summed E-state index contributed by atoms with van der Waals surface area (Å²) >= 11 is 5.92. The van der Waals surface area contributed by atoms with E-state index in [0.29, 0.717) is 18.0 Å². The third-order valence-corrected chi connectivity index (χ3v) is 3.45. The number of hydrogen-bond acceptors (Lipinski definition) is 3. The molecule has 1 aliphatic carbocycles. The topological polar surface area (TPSA) is 92.4 Å². The molecule has 0 saturated heterocycles. The first kappa shape index (κ1) is 13.7. The monoisotopic (exact) mass is 282 g/mol. The minimum absolute atomic E-state index is 0.216. The molecule has 1 aliphatic rings. The molecule has 0 bridgehead atoms. The standard InChI is InChI=1S/C13H15ClN2O3/c14-10-6-8(3-4-9(10)12(15)17)16-11(13(18)19)5-7-1-2-7/h3-4,6-7,11,16H,1-2,5H2,(H2,15,17)(H,18,19). The number of carbonyl (C=O) groups is 2. The number of carboxylic acids is 1. The van der Waals surface area contributed by atoms with Crippen LogP contribution in [0.15, 0.2) is 18.2 Å². The summed E-state index contributed by atoms with van der Waals surface area (Å²) in [5, 5.41) is 12.3.